The Labute approximate surface area is 132 Å². The molecule has 3 fully saturated rings. The van der Waals surface area contributed by atoms with Crippen LogP contribution in [-0.2, 0) is 9.53 Å². The number of likely N-dealkylation sites (tertiary alicyclic amines) is 1. The van der Waals surface area contributed by atoms with Crippen LogP contribution in [0.5, 0.6) is 0 Å². The van der Waals surface area contributed by atoms with E-state index in [1.54, 1.807) is 0 Å². The van der Waals surface area contributed by atoms with Gasteiger partial charge in [-0.25, -0.2) is 0 Å². The van der Waals surface area contributed by atoms with Crippen LogP contribution in [0.3, 0.4) is 0 Å². The summed E-state index contributed by atoms with van der Waals surface area (Å²) in [5, 5.41) is -2.89. The van der Waals surface area contributed by atoms with Crippen molar-refractivity contribution < 1.29 is 9.53 Å². The highest BCUT2D eigenvalue weighted by Gasteiger charge is 2.49. The first kappa shape index (κ1) is 15.6. The van der Waals surface area contributed by atoms with E-state index in [2.05, 4.69) is 6.92 Å². The number of nitrogens with zero attached hydrogens (tertiary/aromatic N) is 1. The van der Waals surface area contributed by atoms with Crippen molar-refractivity contribution in [3.05, 3.63) is 0 Å². The Hall–Kier alpha value is -0.310. The highest BCUT2D eigenvalue weighted by molar-refractivity contribution is 6.42. The van der Waals surface area contributed by atoms with Gasteiger partial charge in [0.25, 0.3) is 0 Å². The fourth-order valence-electron chi connectivity index (χ4n) is 4.47. The van der Waals surface area contributed by atoms with Gasteiger partial charge in [-0.05, 0) is 47.8 Å². The molecule has 1 amide bonds. The molecule has 104 valence electrons. The highest BCUT2D eigenvalue weighted by Crippen LogP contribution is 2.49. The molecule has 2 heterocycles. The Balaban J connectivity index is 1.71. The Morgan fingerprint density at radius 3 is 2.38 bits per heavy atom. The van der Waals surface area contributed by atoms with E-state index in [0.717, 1.165) is 13.1 Å². The molecule has 3 nitrogen and oxygen atoms in total. The third-order valence-corrected chi connectivity index (χ3v) is 5.45. The fraction of sp³-hybridized carbons (Fsp3) is 0.929. The zero-order valence-electron chi connectivity index (χ0n) is 12.7. The van der Waals surface area contributed by atoms with Gasteiger partial charge in [0.1, 0.15) is 0 Å². The van der Waals surface area contributed by atoms with E-state index < -0.39 is 10.8 Å². The van der Waals surface area contributed by atoms with Gasteiger partial charge in [0.15, 0.2) is 0 Å². The summed E-state index contributed by atoms with van der Waals surface area (Å²) in [6.45, 7) is 3.93. The molecule has 0 aromatic carbocycles. The SMILES string of the molecule is [B]C1([B])CC(C(=O)N2C[C@H]3CCC[C@@]3(C)C2)CC([B])([B])O1. The first-order valence-electron chi connectivity index (χ1n) is 7.75. The van der Waals surface area contributed by atoms with E-state index >= 15 is 0 Å². The summed E-state index contributed by atoms with van der Waals surface area (Å²) >= 11 is 0. The number of carbonyl (C=O) groups is 1. The zero-order chi connectivity index (χ0) is 15.5. The zero-order valence-corrected chi connectivity index (χ0v) is 12.7. The molecule has 2 atom stereocenters. The minimum absolute atomic E-state index is 0.0643. The van der Waals surface area contributed by atoms with Gasteiger partial charge in [-0.2, -0.15) is 0 Å². The summed E-state index contributed by atoms with van der Waals surface area (Å²) in [5.41, 5.74) is 0.270. The van der Waals surface area contributed by atoms with E-state index in [0.29, 0.717) is 5.92 Å². The Kier molecular flexibility index (Phi) is 3.59. The van der Waals surface area contributed by atoms with Crippen molar-refractivity contribution >= 4 is 37.3 Å². The molecule has 21 heavy (non-hydrogen) atoms. The molecule has 7 heteroatoms. The molecule has 0 unspecified atom stereocenters. The van der Waals surface area contributed by atoms with Crippen LogP contribution >= 0.6 is 0 Å². The molecule has 0 N–H and O–H groups in total. The lowest BCUT2D eigenvalue weighted by Crippen LogP contribution is -2.56. The molecule has 2 aliphatic heterocycles. The standard InChI is InChI=1S/C14H19B4NO2/c1-12-4-2-3-10(12)7-19(8-12)11(20)9-5-13(15,16)21-14(17,18)6-9/h9-10H,2-8H2,1H3/t10-,12+/m1/s1. The lowest BCUT2D eigenvalue weighted by molar-refractivity contribution is -0.142. The molecule has 3 aliphatic rings. The van der Waals surface area contributed by atoms with E-state index in [1.165, 1.54) is 19.3 Å². The average molecular weight is 277 g/mol. The van der Waals surface area contributed by atoms with Gasteiger partial charge < -0.3 is 9.64 Å². The second-order valence-corrected chi connectivity index (χ2v) is 7.58. The lowest BCUT2D eigenvalue weighted by Gasteiger charge is -2.47. The molecule has 0 spiro atoms. The number of hydrogen-bond acceptors (Lipinski definition) is 2. The molecule has 1 aliphatic carbocycles. The number of fused-ring (bicyclic) bond motifs is 1. The number of rotatable bonds is 1. The number of ether oxygens (including phenoxy) is 1. The average Bonchev–Trinajstić information content (AvgIpc) is 2.78. The van der Waals surface area contributed by atoms with Gasteiger partial charge in [0.05, 0.1) is 31.4 Å². The normalized spacial score (nSPS) is 38.3. The molecular formula is C14H19B4NO2. The van der Waals surface area contributed by atoms with Crippen molar-refractivity contribution in [1.82, 2.24) is 4.90 Å². The number of hydrogen-bond donors (Lipinski definition) is 0. The topological polar surface area (TPSA) is 29.5 Å². The smallest absolute Gasteiger partial charge is 0.225 e. The third-order valence-electron chi connectivity index (χ3n) is 5.45. The Morgan fingerprint density at radius 1 is 1.19 bits per heavy atom. The summed E-state index contributed by atoms with van der Waals surface area (Å²) in [4.78, 5) is 14.7. The van der Waals surface area contributed by atoms with Crippen LogP contribution in [0, 0.1) is 17.3 Å². The first-order valence-corrected chi connectivity index (χ1v) is 7.75. The first-order chi connectivity index (χ1) is 9.60. The second kappa shape index (κ2) is 4.84. The van der Waals surface area contributed by atoms with Crippen LogP contribution in [0.4, 0.5) is 0 Å². The quantitative estimate of drug-likeness (QED) is 0.633. The molecular weight excluding hydrogens is 257 g/mol. The number of amides is 1. The summed E-state index contributed by atoms with van der Waals surface area (Å²) in [6, 6.07) is 0. The van der Waals surface area contributed by atoms with E-state index in [9.17, 15) is 4.79 Å². The van der Waals surface area contributed by atoms with Gasteiger partial charge >= 0.3 is 0 Å². The second-order valence-electron chi connectivity index (χ2n) is 7.58. The van der Waals surface area contributed by atoms with Crippen molar-refractivity contribution in [2.24, 2.45) is 17.3 Å². The number of carbonyl (C=O) groups excluding carboxylic acids is 1. The van der Waals surface area contributed by atoms with Crippen LogP contribution in [0.2, 0.25) is 0 Å². The van der Waals surface area contributed by atoms with Gasteiger partial charge in [-0.1, -0.05) is 13.3 Å². The molecule has 0 bridgehead atoms. The predicted molar refractivity (Wildman–Crippen MR) is 84.3 cm³/mol. The maximum Gasteiger partial charge on any atom is 0.225 e. The molecule has 8 radical (unpaired) electrons. The van der Waals surface area contributed by atoms with Crippen molar-refractivity contribution in [3.63, 3.8) is 0 Å². The van der Waals surface area contributed by atoms with Crippen molar-refractivity contribution in [2.75, 3.05) is 13.1 Å². The highest BCUT2D eigenvalue weighted by atomic mass is 16.5. The minimum atomic E-state index is -1.44. The van der Waals surface area contributed by atoms with Crippen molar-refractivity contribution in [1.29, 1.82) is 0 Å². The van der Waals surface area contributed by atoms with Crippen LogP contribution in [0.1, 0.15) is 39.0 Å². The van der Waals surface area contributed by atoms with Gasteiger partial charge in [0.2, 0.25) is 5.91 Å². The minimum Gasteiger partial charge on any atom is -0.407 e. The van der Waals surface area contributed by atoms with Crippen LogP contribution in [0.25, 0.3) is 0 Å². The molecule has 1 saturated carbocycles. The van der Waals surface area contributed by atoms with Crippen LogP contribution < -0.4 is 0 Å². The van der Waals surface area contributed by atoms with Crippen LogP contribution in [0.15, 0.2) is 0 Å². The third kappa shape index (κ3) is 2.95. The lowest BCUT2D eigenvalue weighted by atomic mass is 9.51. The monoisotopic (exact) mass is 277 g/mol. The predicted octanol–water partition coefficient (Wildman–Crippen LogP) is 0.0432. The Bertz CT molecular complexity index is 440. The van der Waals surface area contributed by atoms with Crippen LogP contribution in [-0.4, -0.2) is 66.1 Å². The molecule has 0 aromatic heterocycles. The van der Waals surface area contributed by atoms with E-state index in [1.807, 2.05) is 4.90 Å². The fourth-order valence-corrected chi connectivity index (χ4v) is 4.47. The van der Waals surface area contributed by atoms with Gasteiger partial charge in [-0.3, -0.25) is 4.79 Å². The largest absolute Gasteiger partial charge is 0.407 e. The van der Waals surface area contributed by atoms with Crippen molar-refractivity contribution in [3.8, 4) is 0 Å². The summed E-state index contributed by atoms with van der Waals surface area (Å²) in [7, 11) is 23.3. The van der Waals surface area contributed by atoms with Crippen molar-refractivity contribution in [2.45, 2.75) is 49.8 Å². The van der Waals surface area contributed by atoms with E-state index in [4.69, 9.17) is 36.1 Å². The molecule has 0 aromatic rings. The Morgan fingerprint density at radius 2 is 1.81 bits per heavy atom. The van der Waals surface area contributed by atoms with Gasteiger partial charge in [-0.15, -0.1) is 0 Å². The maximum atomic E-state index is 12.8. The van der Waals surface area contributed by atoms with Gasteiger partial charge in [0, 0.05) is 19.0 Å². The molecule has 3 rings (SSSR count). The van der Waals surface area contributed by atoms with E-state index in [-0.39, 0.29) is 30.1 Å². The molecule has 2 saturated heterocycles. The summed E-state index contributed by atoms with van der Waals surface area (Å²) in [5.74, 6) is 0.308. The summed E-state index contributed by atoms with van der Waals surface area (Å²) < 4.78 is 5.24. The maximum absolute atomic E-state index is 12.8. The summed E-state index contributed by atoms with van der Waals surface area (Å²) in [6.07, 6.45) is 4.18.